The molecule has 3 heterocycles. The first-order valence-electron chi connectivity index (χ1n) is 10.3. The first-order valence-corrected chi connectivity index (χ1v) is 10.7. The molecule has 0 unspecified atom stereocenters. The van der Waals surface area contributed by atoms with Crippen LogP contribution in [-0.2, 0) is 18.4 Å². The summed E-state index contributed by atoms with van der Waals surface area (Å²) >= 11 is 6.83. The minimum atomic E-state index is -0.582. The lowest BCUT2D eigenvalue weighted by Gasteiger charge is -2.39. The first-order chi connectivity index (χ1) is 15.4. The van der Waals surface area contributed by atoms with Gasteiger partial charge in [-0.25, -0.2) is 4.39 Å². The number of ether oxygens (including phenoxy) is 1. The second-order valence-corrected chi connectivity index (χ2v) is 8.46. The Bertz CT molecular complexity index is 1240. The monoisotopic (exact) mass is 456 g/mol. The normalized spacial score (nSPS) is 18.6. The molecule has 0 saturated carbocycles. The lowest BCUT2D eigenvalue weighted by molar-refractivity contribution is -0.129. The average Bonchev–Trinajstić information content (AvgIpc) is 3.05. The van der Waals surface area contributed by atoms with Gasteiger partial charge in [-0.15, -0.1) is 0 Å². The predicted octanol–water partition coefficient (Wildman–Crippen LogP) is 3.33. The third-order valence-corrected chi connectivity index (χ3v) is 6.66. The van der Waals surface area contributed by atoms with Crippen molar-refractivity contribution in [2.45, 2.75) is 12.6 Å². The number of benzene rings is 2. The van der Waals surface area contributed by atoms with Crippen LogP contribution in [0, 0.1) is 5.82 Å². The fourth-order valence-corrected chi connectivity index (χ4v) is 5.09. The van der Waals surface area contributed by atoms with Gasteiger partial charge in [-0.2, -0.15) is 5.10 Å². The Morgan fingerprint density at radius 2 is 2.19 bits per heavy atom. The van der Waals surface area contributed by atoms with Gasteiger partial charge in [0.25, 0.3) is 0 Å². The molecule has 3 aromatic rings. The Kier molecular flexibility index (Phi) is 5.06. The number of hydrogen-bond donors (Lipinski definition) is 1. The van der Waals surface area contributed by atoms with Crippen molar-refractivity contribution in [1.82, 2.24) is 19.6 Å². The molecule has 32 heavy (non-hydrogen) atoms. The number of amides is 1. The van der Waals surface area contributed by atoms with Crippen molar-refractivity contribution in [3.8, 4) is 22.6 Å². The molecule has 0 aliphatic carbocycles. The molecule has 1 fully saturated rings. The van der Waals surface area contributed by atoms with Gasteiger partial charge in [-0.1, -0.05) is 24.2 Å². The topological polar surface area (TPSA) is 70.8 Å². The van der Waals surface area contributed by atoms with E-state index in [2.05, 4.69) is 16.6 Å². The first kappa shape index (κ1) is 20.8. The Labute approximate surface area is 189 Å². The van der Waals surface area contributed by atoms with E-state index < -0.39 is 5.82 Å². The minimum Gasteiger partial charge on any atom is -0.507 e. The number of nitrogens with zero attached hydrogens (tertiary/aromatic N) is 4. The summed E-state index contributed by atoms with van der Waals surface area (Å²) in [6.45, 7) is 6.25. The number of aromatic hydroxyl groups is 1. The number of carbonyl (C=O) groups excluding carboxylic acids is 1. The van der Waals surface area contributed by atoms with Gasteiger partial charge in [-0.3, -0.25) is 14.4 Å². The number of phenolic OH excluding ortho intramolecular Hbond substituents is 1. The number of aryl methyl sites for hydroxylation is 1. The molecule has 2 aliphatic rings. The molecule has 0 bridgehead atoms. The maximum Gasteiger partial charge on any atom is 0.246 e. The van der Waals surface area contributed by atoms with Gasteiger partial charge in [0, 0.05) is 49.7 Å². The predicted molar refractivity (Wildman–Crippen MR) is 119 cm³/mol. The van der Waals surface area contributed by atoms with Gasteiger partial charge in [0.1, 0.15) is 23.9 Å². The molecule has 1 amide bonds. The van der Waals surface area contributed by atoms with Gasteiger partial charge in [0.05, 0.1) is 28.3 Å². The van der Waals surface area contributed by atoms with Crippen molar-refractivity contribution in [1.29, 1.82) is 0 Å². The Hall–Kier alpha value is -3.10. The number of aromatic nitrogens is 2. The zero-order valence-corrected chi connectivity index (χ0v) is 18.3. The standard InChI is InChI=1S/C23H22ClFN4O3/c1-3-18(31)29-8-7-28-11-15-22-14(9-26-27(22)2)19(20-16(25)5-4-6-17(20)30)21(24)23(15)32-12-13(28)10-29/h3-6,9,13,30H,1,7-8,10-12H2,2H3/t13-/m1/s1. The van der Waals surface area contributed by atoms with E-state index in [0.717, 1.165) is 11.1 Å². The van der Waals surface area contributed by atoms with Gasteiger partial charge >= 0.3 is 0 Å². The van der Waals surface area contributed by atoms with Gasteiger partial charge in [-0.05, 0) is 18.2 Å². The summed E-state index contributed by atoms with van der Waals surface area (Å²) < 4.78 is 22.7. The quantitative estimate of drug-likeness (QED) is 0.599. The van der Waals surface area contributed by atoms with E-state index in [-0.39, 0.29) is 28.3 Å². The summed E-state index contributed by atoms with van der Waals surface area (Å²) in [5.41, 5.74) is 2.00. The number of phenols is 1. The lowest BCUT2D eigenvalue weighted by Crippen LogP contribution is -2.55. The summed E-state index contributed by atoms with van der Waals surface area (Å²) in [5, 5.41) is 15.7. The Balaban J connectivity index is 1.66. The summed E-state index contributed by atoms with van der Waals surface area (Å²) in [4.78, 5) is 16.1. The lowest BCUT2D eigenvalue weighted by atomic mass is 9.96. The van der Waals surface area contributed by atoms with Crippen molar-refractivity contribution in [2.24, 2.45) is 7.05 Å². The highest BCUT2D eigenvalue weighted by molar-refractivity contribution is 6.37. The third kappa shape index (κ3) is 3.13. The molecule has 2 aromatic carbocycles. The van der Waals surface area contributed by atoms with Crippen molar-refractivity contribution < 1.29 is 19.0 Å². The highest BCUT2D eigenvalue weighted by Gasteiger charge is 2.35. The average molecular weight is 457 g/mol. The molecule has 1 saturated heterocycles. The van der Waals surface area contributed by atoms with Crippen LogP contribution in [0.25, 0.3) is 22.0 Å². The molecule has 0 spiro atoms. The van der Waals surface area contributed by atoms with E-state index in [0.29, 0.717) is 49.5 Å². The highest BCUT2D eigenvalue weighted by Crippen LogP contribution is 2.48. The van der Waals surface area contributed by atoms with Crippen LogP contribution in [0.1, 0.15) is 5.56 Å². The summed E-state index contributed by atoms with van der Waals surface area (Å²) in [7, 11) is 1.81. The van der Waals surface area contributed by atoms with Crippen molar-refractivity contribution in [3.05, 3.63) is 53.5 Å². The SMILES string of the molecule is C=CC(=O)N1CCN2Cc3c(c(Cl)c(-c4c(O)cccc4F)c4cnn(C)c34)OC[C@H]2C1. The second kappa shape index (κ2) is 7.79. The van der Waals surface area contributed by atoms with Gasteiger partial charge in [0.2, 0.25) is 5.91 Å². The number of hydrogen-bond acceptors (Lipinski definition) is 5. The zero-order valence-electron chi connectivity index (χ0n) is 17.5. The Morgan fingerprint density at radius 1 is 1.38 bits per heavy atom. The van der Waals surface area contributed by atoms with E-state index in [1.165, 1.54) is 24.3 Å². The van der Waals surface area contributed by atoms with Crippen LogP contribution in [-0.4, -0.2) is 62.9 Å². The molecule has 5 rings (SSSR count). The molecule has 2 aliphatic heterocycles. The fraction of sp³-hybridized carbons (Fsp3) is 0.304. The molecular formula is C23H22ClFN4O3. The van der Waals surface area contributed by atoms with E-state index in [1.54, 1.807) is 15.8 Å². The molecule has 1 N–H and O–H groups in total. The molecule has 0 radical (unpaired) electrons. The highest BCUT2D eigenvalue weighted by atomic mass is 35.5. The number of carbonyl (C=O) groups is 1. The third-order valence-electron chi connectivity index (χ3n) is 6.30. The smallest absolute Gasteiger partial charge is 0.246 e. The molecule has 1 aromatic heterocycles. The number of piperazine rings is 1. The van der Waals surface area contributed by atoms with Crippen LogP contribution in [0.3, 0.4) is 0 Å². The maximum absolute atomic E-state index is 14.8. The van der Waals surface area contributed by atoms with Crippen LogP contribution in [0.15, 0.2) is 37.1 Å². The van der Waals surface area contributed by atoms with Gasteiger partial charge < -0.3 is 14.7 Å². The van der Waals surface area contributed by atoms with Crippen molar-refractivity contribution in [2.75, 3.05) is 26.2 Å². The molecular weight excluding hydrogens is 435 g/mol. The number of halogens is 2. The van der Waals surface area contributed by atoms with Crippen LogP contribution in [0.2, 0.25) is 5.02 Å². The van der Waals surface area contributed by atoms with E-state index in [4.69, 9.17) is 16.3 Å². The molecule has 7 nitrogen and oxygen atoms in total. The number of rotatable bonds is 2. The number of fused-ring (bicyclic) bond motifs is 4. The second-order valence-electron chi connectivity index (χ2n) is 8.08. The van der Waals surface area contributed by atoms with Crippen molar-refractivity contribution in [3.63, 3.8) is 0 Å². The largest absolute Gasteiger partial charge is 0.507 e. The van der Waals surface area contributed by atoms with Gasteiger partial charge in [0.15, 0.2) is 0 Å². The Morgan fingerprint density at radius 3 is 2.94 bits per heavy atom. The van der Waals surface area contributed by atoms with Crippen LogP contribution in [0.4, 0.5) is 4.39 Å². The van der Waals surface area contributed by atoms with Crippen LogP contribution < -0.4 is 4.74 Å². The minimum absolute atomic E-state index is 0.0200. The van der Waals surface area contributed by atoms with Crippen LogP contribution in [0.5, 0.6) is 11.5 Å². The summed E-state index contributed by atoms with van der Waals surface area (Å²) in [6.07, 6.45) is 2.96. The van der Waals surface area contributed by atoms with E-state index in [9.17, 15) is 14.3 Å². The zero-order chi connectivity index (χ0) is 22.6. The molecule has 9 heteroatoms. The van der Waals surface area contributed by atoms with E-state index >= 15 is 0 Å². The summed E-state index contributed by atoms with van der Waals surface area (Å²) in [6, 6.07) is 4.13. The maximum atomic E-state index is 14.8. The van der Waals surface area contributed by atoms with E-state index in [1.807, 2.05) is 7.05 Å². The van der Waals surface area contributed by atoms with Crippen molar-refractivity contribution >= 4 is 28.4 Å². The molecule has 166 valence electrons. The molecule has 1 atom stereocenters. The van der Waals surface area contributed by atoms with Crippen LogP contribution >= 0.6 is 11.6 Å². The fourth-order valence-electron chi connectivity index (χ4n) is 4.72. The summed E-state index contributed by atoms with van der Waals surface area (Å²) in [5.74, 6) is -0.435.